The molecule has 2 unspecified atom stereocenters. The van der Waals surface area contributed by atoms with Crippen LogP contribution in [-0.4, -0.2) is 43.4 Å². The summed E-state index contributed by atoms with van der Waals surface area (Å²) in [5.41, 5.74) is 0.326. The fraction of sp³-hybridized carbons (Fsp3) is 0.475. The third-order valence-electron chi connectivity index (χ3n) is 16.2. The average molecular weight is 1020 g/mol. The number of carbonyl (C=O) groups is 2. The van der Waals surface area contributed by atoms with E-state index >= 15 is 0 Å². The SMILES string of the molecule is CCC(C)(C)CC(C)(C(=O)OCCOc1ccc(-c2ccc(-c3ccc(C(F)(F)F)cc3)cc2)cc1)C(CC)(CC)C(C)(C)CC(C)(C(=O)OCCOc1ccc(N=Nc2ccc(C#N)nc2)cc1)C(C)(C)CC. The highest BCUT2D eigenvalue weighted by Gasteiger charge is 2.63. The van der Waals surface area contributed by atoms with Crippen molar-refractivity contribution in [3.63, 3.8) is 0 Å². The third-order valence-corrected chi connectivity index (χ3v) is 16.2. The van der Waals surface area contributed by atoms with E-state index in [9.17, 15) is 22.8 Å². The predicted octanol–water partition coefficient (Wildman–Crippen LogP) is 16.8. The summed E-state index contributed by atoms with van der Waals surface area (Å²) in [7, 11) is 0. The molecule has 2 atom stereocenters. The summed E-state index contributed by atoms with van der Waals surface area (Å²) in [5, 5.41) is 17.4. The van der Waals surface area contributed by atoms with Crippen LogP contribution in [0.1, 0.15) is 133 Å². The second-order valence-electron chi connectivity index (χ2n) is 21.8. The minimum absolute atomic E-state index is 0.0418. The number of aromatic nitrogens is 1. The lowest BCUT2D eigenvalue weighted by Crippen LogP contribution is -2.58. The Morgan fingerprint density at radius 1 is 0.527 bits per heavy atom. The molecule has 0 radical (unpaired) electrons. The highest BCUT2D eigenvalue weighted by molar-refractivity contribution is 5.79. The van der Waals surface area contributed by atoms with E-state index in [1.165, 1.54) is 18.3 Å². The summed E-state index contributed by atoms with van der Waals surface area (Å²) < 4.78 is 63.7. The van der Waals surface area contributed by atoms with Crippen LogP contribution in [0.4, 0.5) is 24.5 Å². The zero-order chi connectivity index (χ0) is 54.6. The van der Waals surface area contributed by atoms with E-state index in [1.807, 2.05) is 61.5 Å². The van der Waals surface area contributed by atoms with Crippen LogP contribution in [0.15, 0.2) is 126 Å². The van der Waals surface area contributed by atoms with Crippen LogP contribution in [-0.2, 0) is 25.2 Å². The number of nitrogens with zero attached hydrogens (tertiary/aromatic N) is 4. The van der Waals surface area contributed by atoms with Crippen LogP contribution >= 0.6 is 0 Å². The Bertz CT molecular complexity index is 2690. The van der Waals surface area contributed by atoms with Crippen LogP contribution in [0.5, 0.6) is 11.5 Å². The summed E-state index contributed by atoms with van der Waals surface area (Å²) in [5.74, 6) is 0.599. The quantitative estimate of drug-likeness (QED) is 0.0321. The van der Waals surface area contributed by atoms with E-state index in [0.717, 1.165) is 35.2 Å². The van der Waals surface area contributed by atoms with Gasteiger partial charge in [-0.05, 0) is 151 Å². The molecular weight excluding hydrogens is 942 g/mol. The molecule has 1 heterocycles. The maximum Gasteiger partial charge on any atom is 0.416 e. The van der Waals surface area contributed by atoms with Crippen LogP contribution in [0.2, 0.25) is 0 Å². The van der Waals surface area contributed by atoms with Crippen LogP contribution in [0, 0.1) is 43.8 Å². The topological polar surface area (TPSA) is 132 Å². The van der Waals surface area contributed by atoms with Crippen LogP contribution in [0.25, 0.3) is 22.3 Å². The first-order valence-corrected chi connectivity index (χ1v) is 25.7. The van der Waals surface area contributed by atoms with Gasteiger partial charge in [0.05, 0.1) is 28.3 Å². The highest BCUT2D eigenvalue weighted by Crippen LogP contribution is 2.65. The number of nitriles is 1. The molecule has 1 aromatic heterocycles. The molecule has 0 bridgehead atoms. The van der Waals surface area contributed by atoms with Gasteiger partial charge in [-0.15, -0.1) is 5.11 Å². The fourth-order valence-corrected chi connectivity index (χ4v) is 10.9. The zero-order valence-electron chi connectivity index (χ0n) is 45.4. The number of pyridine rings is 1. The first-order valence-electron chi connectivity index (χ1n) is 25.7. The number of benzene rings is 4. The number of rotatable bonds is 25. The molecule has 5 aromatic rings. The van der Waals surface area contributed by atoms with Crippen molar-refractivity contribution in [3.05, 3.63) is 127 Å². The lowest BCUT2D eigenvalue weighted by atomic mass is 9.43. The Labute approximate surface area is 437 Å². The predicted molar refractivity (Wildman–Crippen MR) is 285 cm³/mol. The summed E-state index contributed by atoms with van der Waals surface area (Å²) >= 11 is 0. The molecule has 74 heavy (non-hydrogen) atoms. The van der Waals surface area contributed by atoms with E-state index in [-0.39, 0.29) is 43.8 Å². The van der Waals surface area contributed by atoms with Gasteiger partial charge in [0.1, 0.15) is 55.4 Å². The van der Waals surface area contributed by atoms with Gasteiger partial charge in [0, 0.05) is 0 Å². The highest BCUT2D eigenvalue weighted by atomic mass is 19.4. The van der Waals surface area contributed by atoms with Crippen LogP contribution in [0.3, 0.4) is 0 Å². The number of carbonyl (C=O) groups excluding carboxylic acids is 2. The van der Waals surface area contributed by atoms with Gasteiger partial charge in [-0.25, -0.2) is 4.98 Å². The van der Waals surface area contributed by atoms with E-state index in [4.69, 9.17) is 24.2 Å². The summed E-state index contributed by atoms with van der Waals surface area (Å²) in [6.07, 6.45) is 1.02. The van der Waals surface area contributed by atoms with Crippen molar-refractivity contribution in [1.82, 2.24) is 4.98 Å². The average Bonchev–Trinajstić information content (AvgIpc) is 3.38. The summed E-state index contributed by atoms with van der Waals surface area (Å²) in [6, 6.07) is 32.6. The Hall–Kier alpha value is -6.55. The van der Waals surface area contributed by atoms with Gasteiger partial charge < -0.3 is 18.9 Å². The number of hydrogen-bond acceptors (Lipinski definition) is 10. The third kappa shape index (κ3) is 13.6. The molecular formula is C61H75F3N4O6. The molecule has 396 valence electrons. The molecule has 0 fully saturated rings. The van der Waals surface area contributed by atoms with E-state index < -0.39 is 38.8 Å². The maximum absolute atomic E-state index is 15.0. The molecule has 10 nitrogen and oxygen atoms in total. The van der Waals surface area contributed by atoms with E-state index in [1.54, 1.807) is 36.4 Å². The molecule has 0 saturated carbocycles. The number of halogens is 3. The Morgan fingerprint density at radius 2 is 0.959 bits per heavy atom. The first kappa shape index (κ1) is 58.3. The monoisotopic (exact) mass is 1020 g/mol. The van der Waals surface area contributed by atoms with Crippen molar-refractivity contribution in [2.24, 2.45) is 42.7 Å². The summed E-state index contributed by atoms with van der Waals surface area (Å²) in [6.45, 7) is 26.0. The largest absolute Gasteiger partial charge is 0.490 e. The molecule has 0 aliphatic heterocycles. The molecule has 5 rings (SSSR count). The van der Waals surface area contributed by atoms with Crippen molar-refractivity contribution >= 4 is 23.3 Å². The first-order chi connectivity index (χ1) is 34.8. The Kier molecular flexibility index (Phi) is 19.1. The Morgan fingerprint density at radius 3 is 1.38 bits per heavy atom. The molecule has 0 aliphatic rings. The zero-order valence-corrected chi connectivity index (χ0v) is 45.4. The standard InChI is InChI=1S/C61H75F3N4O6/c1-13-55(5,6)41-59(12,54(70)74-38-36-71-51-31-23-46(24-32-51)44-19-17-43(18-20-44)45-21-25-47(26-22-45)61(62,63)64)60(15-3,16-4)57(9,10)42-58(11,56(7,8)14-2)53(69)73-37-35-72-52-33-29-48(30-34-52)67-68-50-28-27-49(39-65)66-40-50/h17-34,40H,13-16,35-38,41-42H2,1-12H3. The molecule has 0 saturated heterocycles. The molecule has 0 N–H and O–H groups in total. The lowest BCUT2D eigenvalue weighted by molar-refractivity contribution is -0.190. The maximum atomic E-state index is 15.0. The Balaban J connectivity index is 1.25. The minimum Gasteiger partial charge on any atom is -0.490 e. The van der Waals surface area contributed by atoms with Crippen molar-refractivity contribution in [1.29, 1.82) is 5.26 Å². The summed E-state index contributed by atoms with van der Waals surface area (Å²) in [4.78, 5) is 33.6. The van der Waals surface area contributed by atoms with E-state index in [0.29, 0.717) is 66.2 Å². The van der Waals surface area contributed by atoms with Crippen molar-refractivity contribution in [2.75, 3.05) is 26.4 Å². The minimum atomic E-state index is -4.38. The van der Waals surface area contributed by atoms with Crippen molar-refractivity contribution in [3.8, 4) is 39.8 Å². The van der Waals surface area contributed by atoms with Gasteiger partial charge in [-0.3, -0.25) is 9.59 Å². The smallest absolute Gasteiger partial charge is 0.416 e. The van der Waals surface area contributed by atoms with Crippen molar-refractivity contribution < 1.29 is 41.7 Å². The molecule has 0 spiro atoms. The molecule has 13 heteroatoms. The van der Waals surface area contributed by atoms with E-state index in [2.05, 4.69) is 91.4 Å². The van der Waals surface area contributed by atoms with Crippen molar-refractivity contribution in [2.45, 2.75) is 128 Å². The van der Waals surface area contributed by atoms with Gasteiger partial charge in [-0.1, -0.05) is 124 Å². The number of hydrogen-bond donors (Lipinski definition) is 0. The van der Waals surface area contributed by atoms with Gasteiger partial charge in [-0.2, -0.15) is 23.5 Å². The normalized spacial score (nSPS) is 14.1. The van der Waals surface area contributed by atoms with Gasteiger partial charge in [0.15, 0.2) is 0 Å². The molecule has 0 amide bonds. The van der Waals surface area contributed by atoms with Crippen LogP contribution < -0.4 is 9.47 Å². The number of alkyl halides is 3. The number of azo groups is 1. The lowest BCUT2D eigenvalue weighted by Gasteiger charge is -2.60. The number of ether oxygens (including phenoxy) is 4. The number of esters is 2. The molecule has 4 aromatic carbocycles. The second-order valence-corrected chi connectivity index (χ2v) is 21.8. The fourth-order valence-electron chi connectivity index (χ4n) is 10.9. The molecule has 0 aliphatic carbocycles. The second kappa shape index (κ2) is 24.2. The van der Waals surface area contributed by atoms with Gasteiger partial charge in [0.25, 0.3) is 0 Å². The van der Waals surface area contributed by atoms with Gasteiger partial charge in [0.2, 0.25) is 0 Å². The van der Waals surface area contributed by atoms with Gasteiger partial charge >= 0.3 is 18.1 Å².